The highest BCUT2D eigenvalue weighted by molar-refractivity contribution is 7.15. The lowest BCUT2D eigenvalue weighted by molar-refractivity contribution is 0.102. The monoisotopic (exact) mass is 400 g/mol. The Morgan fingerprint density at radius 3 is 2.68 bits per heavy atom. The molecule has 8 heteroatoms. The van der Waals surface area contributed by atoms with Crippen molar-refractivity contribution in [1.82, 2.24) is 15.5 Å². The smallest absolute Gasteiger partial charge is 0.257 e. The summed E-state index contributed by atoms with van der Waals surface area (Å²) in [5, 5.41) is 15.8. The molecular weight excluding hydrogens is 379 g/mol. The lowest BCUT2D eigenvalue weighted by Gasteiger charge is -2.26. The molecule has 1 amide bonds. The van der Waals surface area contributed by atoms with Gasteiger partial charge in [-0.15, -0.1) is 35.0 Å². The minimum Gasteiger partial charge on any atom is -0.311 e. The van der Waals surface area contributed by atoms with Crippen LogP contribution in [0.25, 0.3) is 0 Å². The van der Waals surface area contributed by atoms with Crippen molar-refractivity contribution in [3.05, 3.63) is 40.4 Å². The molecule has 0 aliphatic heterocycles. The molecule has 2 aliphatic carbocycles. The van der Waals surface area contributed by atoms with E-state index in [1.165, 1.54) is 42.6 Å². The topological polar surface area (TPSA) is 66.9 Å². The number of rotatable bonds is 5. The van der Waals surface area contributed by atoms with Crippen molar-refractivity contribution in [3.63, 3.8) is 0 Å². The van der Waals surface area contributed by atoms with Crippen LogP contribution in [-0.4, -0.2) is 28.2 Å². The van der Waals surface area contributed by atoms with Gasteiger partial charge in [0, 0.05) is 23.6 Å². The van der Waals surface area contributed by atoms with Crippen molar-refractivity contribution < 1.29 is 4.79 Å². The Morgan fingerprint density at radius 1 is 1.24 bits per heavy atom. The quantitative estimate of drug-likeness (QED) is 0.797. The van der Waals surface area contributed by atoms with Crippen LogP contribution in [0.2, 0.25) is 0 Å². The lowest BCUT2D eigenvalue weighted by atomic mass is 9.93. The molecule has 2 atom stereocenters. The van der Waals surface area contributed by atoms with E-state index in [0.29, 0.717) is 22.7 Å². The summed E-state index contributed by atoms with van der Waals surface area (Å²) < 4.78 is 0. The Balaban J connectivity index is 0.00000113. The van der Waals surface area contributed by atoms with Crippen LogP contribution >= 0.6 is 36.2 Å². The first-order chi connectivity index (χ1) is 11.2. The molecule has 1 aromatic carbocycles. The molecule has 2 aliphatic rings. The number of carbonyl (C=O) groups is 1. The van der Waals surface area contributed by atoms with E-state index < -0.39 is 0 Å². The summed E-state index contributed by atoms with van der Waals surface area (Å²) in [7, 11) is 0. The SMILES string of the molecule is Cc1nnc(NC(=O)c2cccc(C3CC3NC3CCC3)c2)s1.Cl.Cl. The third kappa shape index (κ3) is 4.70. The molecule has 0 spiro atoms. The van der Waals surface area contributed by atoms with E-state index in [0.717, 1.165) is 11.0 Å². The van der Waals surface area contributed by atoms with Crippen LogP contribution < -0.4 is 10.6 Å². The maximum absolute atomic E-state index is 12.3. The Morgan fingerprint density at radius 2 is 2.04 bits per heavy atom. The van der Waals surface area contributed by atoms with Crippen LogP contribution in [0.5, 0.6) is 0 Å². The molecule has 25 heavy (non-hydrogen) atoms. The maximum atomic E-state index is 12.3. The zero-order valence-corrected chi connectivity index (χ0v) is 16.3. The van der Waals surface area contributed by atoms with Crippen molar-refractivity contribution in [2.75, 3.05) is 5.32 Å². The Kier molecular flexibility index (Phi) is 6.79. The zero-order chi connectivity index (χ0) is 15.8. The van der Waals surface area contributed by atoms with E-state index >= 15 is 0 Å². The Bertz CT molecular complexity index is 735. The summed E-state index contributed by atoms with van der Waals surface area (Å²) in [6, 6.07) is 9.26. The minimum absolute atomic E-state index is 0. The average Bonchev–Trinajstić information content (AvgIpc) is 3.17. The van der Waals surface area contributed by atoms with Crippen LogP contribution in [0.4, 0.5) is 5.13 Å². The second kappa shape index (κ2) is 8.45. The van der Waals surface area contributed by atoms with Gasteiger partial charge in [0.25, 0.3) is 5.91 Å². The van der Waals surface area contributed by atoms with E-state index in [1.807, 2.05) is 25.1 Å². The van der Waals surface area contributed by atoms with Gasteiger partial charge in [0.15, 0.2) is 0 Å². The van der Waals surface area contributed by atoms with E-state index in [4.69, 9.17) is 0 Å². The summed E-state index contributed by atoms with van der Waals surface area (Å²) in [6.45, 7) is 1.87. The third-order valence-corrected chi connectivity index (χ3v) is 5.42. The molecule has 1 heterocycles. The fourth-order valence-corrected chi connectivity index (χ4v) is 3.64. The minimum atomic E-state index is -0.118. The first-order valence-electron chi connectivity index (χ1n) is 8.16. The highest BCUT2D eigenvalue weighted by Crippen LogP contribution is 2.42. The predicted molar refractivity (Wildman–Crippen MR) is 105 cm³/mol. The molecule has 2 aromatic rings. The number of aryl methyl sites for hydroxylation is 1. The molecule has 1 aromatic heterocycles. The molecule has 4 rings (SSSR count). The number of aromatic nitrogens is 2. The predicted octanol–water partition coefficient (Wildman–Crippen LogP) is 3.94. The summed E-state index contributed by atoms with van der Waals surface area (Å²) >= 11 is 1.39. The largest absolute Gasteiger partial charge is 0.311 e. The first kappa shape index (κ1) is 20.1. The van der Waals surface area contributed by atoms with Crippen molar-refractivity contribution in [1.29, 1.82) is 0 Å². The fraction of sp³-hybridized carbons (Fsp3) is 0.471. The van der Waals surface area contributed by atoms with E-state index in [9.17, 15) is 4.79 Å². The van der Waals surface area contributed by atoms with Crippen LogP contribution in [0.1, 0.15) is 52.5 Å². The Hall–Kier alpha value is -1.21. The van der Waals surface area contributed by atoms with Crippen LogP contribution in [0.15, 0.2) is 24.3 Å². The van der Waals surface area contributed by atoms with E-state index in [-0.39, 0.29) is 30.7 Å². The van der Waals surface area contributed by atoms with Gasteiger partial charge < -0.3 is 5.32 Å². The number of benzene rings is 1. The van der Waals surface area contributed by atoms with Gasteiger partial charge in [0.05, 0.1) is 0 Å². The number of hydrogen-bond acceptors (Lipinski definition) is 5. The second-order valence-corrected chi connectivity index (χ2v) is 7.63. The zero-order valence-electron chi connectivity index (χ0n) is 13.9. The second-order valence-electron chi connectivity index (χ2n) is 6.45. The van der Waals surface area contributed by atoms with Gasteiger partial charge in [0.1, 0.15) is 5.01 Å². The van der Waals surface area contributed by atoms with Gasteiger partial charge in [-0.25, -0.2) is 0 Å². The Labute approximate surface area is 163 Å². The normalized spacial score (nSPS) is 21.5. The number of anilines is 1. The average molecular weight is 401 g/mol. The van der Waals surface area contributed by atoms with E-state index in [2.05, 4.69) is 26.9 Å². The third-order valence-electron chi connectivity index (χ3n) is 4.67. The number of amides is 1. The van der Waals surface area contributed by atoms with Crippen molar-refractivity contribution >= 4 is 47.2 Å². The first-order valence-corrected chi connectivity index (χ1v) is 8.98. The molecule has 136 valence electrons. The number of nitrogens with zero attached hydrogens (tertiary/aromatic N) is 2. The molecule has 0 saturated heterocycles. The summed E-state index contributed by atoms with van der Waals surface area (Å²) in [4.78, 5) is 12.3. The van der Waals surface area contributed by atoms with Gasteiger partial charge in [-0.05, 0) is 43.9 Å². The van der Waals surface area contributed by atoms with Gasteiger partial charge in [-0.1, -0.05) is 29.9 Å². The van der Waals surface area contributed by atoms with Crippen LogP contribution in [0.3, 0.4) is 0 Å². The summed E-state index contributed by atoms with van der Waals surface area (Å²) in [5.74, 6) is 0.430. The summed E-state index contributed by atoms with van der Waals surface area (Å²) in [6.07, 6.45) is 5.16. The molecule has 2 N–H and O–H groups in total. The molecule has 0 radical (unpaired) electrons. The molecule has 2 saturated carbocycles. The van der Waals surface area contributed by atoms with Gasteiger partial charge in [-0.3, -0.25) is 10.1 Å². The van der Waals surface area contributed by atoms with Gasteiger partial charge in [-0.2, -0.15) is 0 Å². The highest BCUT2D eigenvalue weighted by Gasteiger charge is 2.40. The molecule has 2 unspecified atom stereocenters. The fourth-order valence-electron chi connectivity index (χ4n) is 3.05. The number of nitrogens with one attached hydrogen (secondary N) is 2. The number of halogens is 2. The van der Waals surface area contributed by atoms with Crippen molar-refractivity contribution in [2.45, 2.75) is 50.6 Å². The number of carbonyl (C=O) groups excluding carboxylic acids is 1. The lowest BCUT2D eigenvalue weighted by Crippen LogP contribution is -2.37. The maximum Gasteiger partial charge on any atom is 0.257 e. The van der Waals surface area contributed by atoms with Gasteiger partial charge >= 0.3 is 0 Å². The molecule has 5 nitrogen and oxygen atoms in total. The molecule has 0 bridgehead atoms. The van der Waals surface area contributed by atoms with Gasteiger partial charge in [0.2, 0.25) is 5.13 Å². The summed E-state index contributed by atoms with van der Waals surface area (Å²) in [5.41, 5.74) is 1.94. The number of hydrogen-bond donors (Lipinski definition) is 2. The molecule has 2 fully saturated rings. The van der Waals surface area contributed by atoms with E-state index in [1.54, 1.807) is 0 Å². The van der Waals surface area contributed by atoms with Crippen LogP contribution in [-0.2, 0) is 0 Å². The van der Waals surface area contributed by atoms with Crippen molar-refractivity contribution in [2.24, 2.45) is 0 Å². The molecular formula is C17H22Cl2N4OS. The van der Waals surface area contributed by atoms with Crippen molar-refractivity contribution in [3.8, 4) is 0 Å². The van der Waals surface area contributed by atoms with Crippen LogP contribution in [0, 0.1) is 6.92 Å². The highest BCUT2D eigenvalue weighted by atomic mass is 35.5. The standard InChI is InChI=1S/C17H20N4OS.2ClH/c1-10-20-21-17(23-10)19-16(22)12-5-2-4-11(8-12)14-9-15(14)18-13-6-3-7-13;;/h2,4-5,8,13-15,18H,3,6-7,9H2,1H3,(H,19,21,22);2*1H.